The van der Waals surface area contributed by atoms with Crippen LogP contribution in [-0.2, 0) is 4.79 Å². The van der Waals surface area contributed by atoms with Gasteiger partial charge in [-0.25, -0.2) is 0 Å². The van der Waals surface area contributed by atoms with Crippen LogP contribution in [0.2, 0.25) is 0 Å². The van der Waals surface area contributed by atoms with Crippen LogP contribution in [0.3, 0.4) is 0 Å². The summed E-state index contributed by atoms with van der Waals surface area (Å²) < 4.78 is 0. The van der Waals surface area contributed by atoms with Gasteiger partial charge in [0.2, 0.25) is 0 Å². The number of hydrogen-bond donors (Lipinski definition) is 1. The van der Waals surface area contributed by atoms with E-state index >= 15 is 0 Å². The summed E-state index contributed by atoms with van der Waals surface area (Å²) in [5, 5.41) is 9.09. The quantitative estimate of drug-likeness (QED) is 0.463. The maximum Gasteiger partial charge on any atom is 0.251 e. The lowest BCUT2D eigenvalue weighted by molar-refractivity contribution is -0.135. The molecule has 1 aliphatic heterocycles. The molecule has 1 aliphatic carbocycles. The molecule has 2 aliphatic rings. The SMILES string of the molecule is CN1C(=O)C(O)C2CC21. The van der Waals surface area contributed by atoms with E-state index in [1.807, 2.05) is 0 Å². The third kappa shape index (κ3) is 0.477. The molecule has 0 aromatic heterocycles. The van der Waals surface area contributed by atoms with Crippen LogP contribution in [0.25, 0.3) is 0 Å². The van der Waals surface area contributed by atoms with Gasteiger partial charge in [0.25, 0.3) is 5.91 Å². The van der Waals surface area contributed by atoms with Crippen LogP contribution in [0.4, 0.5) is 0 Å². The van der Waals surface area contributed by atoms with Crippen LogP contribution in [0.15, 0.2) is 0 Å². The maximum absolute atomic E-state index is 10.8. The highest BCUT2D eigenvalue weighted by atomic mass is 16.3. The smallest absolute Gasteiger partial charge is 0.251 e. The van der Waals surface area contributed by atoms with Gasteiger partial charge >= 0.3 is 0 Å². The van der Waals surface area contributed by atoms with Crippen molar-refractivity contribution in [3.8, 4) is 0 Å². The first-order valence-electron chi connectivity index (χ1n) is 3.16. The van der Waals surface area contributed by atoms with E-state index in [9.17, 15) is 4.79 Å². The molecular weight excluding hydrogens is 118 g/mol. The van der Waals surface area contributed by atoms with E-state index < -0.39 is 6.10 Å². The first kappa shape index (κ1) is 5.23. The number of hydrogen-bond acceptors (Lipinski definition) is 2. The Bertz CT molecular complexity index is 152. The molecule has 1 heterocycles. The molecule has 0 bridgehead atoms. The first-order valence-corrected chi connectivity index (χ1v) is 3.16. The third-order valence-corrected chi connectivity index (χ3v) is 2.31. The number of aliphatic hydroxyl groups is 1. The second-order valence-corrected chi connectivity index (χ2v) is 2.86. The first-order chi connectivity index (χ1) is 4.22. The van der Waals surface area contributed by atoms with Crippen molar-refractivity contribution in [3.63, 3.8) is 0 Å². The summed E-state index contributed by atoms with van der Waals surface area (Å²) in [5.41, 5.74) is 0. The average Bonchev–Trinajstić information content (AvgIpc) is 2.56. The lowest BCUT2D eigenvalue weighted by Gasteiger charge is -2.10. The molecule has 3 nitrogen and oxygen atoms in total. The number of fused-ring (bicyclic) bond motifs is 1. The second-order valence-electron chi connectivity index (χ2n) is 2.86. The highest BCUT2D eigenvalue weighted by Crippen LogP contribution is 2.44. The monoisotopic (exact) mass is 127 g/mol. The number of likely N-dealkylation sites (N-methyl/N-ethyl adjacent to an activating group) is 1. The van der Waals surface area contributed by atoms with E-state index in [0.717, 1.165) is 6.42 Å². The number of likely N-dealkylation sites (tertiary alicyclic amines) is 1. The molecule has 3 atom stereocenters. The zero-order chi connectivity index (χ0) is 6.59. The van der Waals surface area contributed by atoms with Gasteiger partial charge in [-0.2, -0.15) is 0 Å². The average molecular weight is 127 g/mol. The number of piperidine rings is 1. The summed E-state index contributed by atoms with van der Waals surface area (Å²) in [7, 11) is 1.75. The zero-order valence-electron chi connectivity index (χ0n) is 5.24. The number of carbonyl (C=O) groups is 1. The van der Waals surface area contributed by atoms with E-state index in [0.29, 0.717) is 6.04 Å². The number of amides is 1. The summed E-state index contributed by atoms with van der Waals surface area (Å²) in [4.78, 5) is 12.5. The highest BCUT2D eigenvalue weighted by molar-refractivity contribution is 5.85. The molecular formula is C6H9NO2. The van der Waals surface area contributed by atoms with E-state index in [1.54, 1.807) is 11.9 Å². The molecule has 1 saturated heterocycles. The van der Waals surface area contributed by atoms with Crippen molar-refractivity contribution in [1.29, 1.82) is 0 Å². The van der Waals surface area contributed by atoms with Gasteiger partial charge in [0.05, 0.1) is 0 Å². The van der Waals surface area contributed by atoms with E-state index in [2.05, 4.69) is 0 Å². The predicted molar refractivity (Wildman–Crippen MR) is 30.7 cm³/mol. The van der Waals surface area contributed by atoms with Gasteiger partial charge < -0.3 is 10.0 Å². The van der Waals surface area contributed by atoms with E-state index in [1.165, 1.54) is 0 Å². The van der Waals surface area contributed by atoms with Gasteiger partial charge in [-0.05, 0) is 6.42 Å². The van der Waals surface area contributed by atoms with E-state index in [4.69, 9.17) is 5.11 Å². The minimum absolute atomic E-state index is 0.101. The molecule has 1 N–H and O–H groups in total. The van der Waals surface area contributed by atoms with Crippen molar-refractivity contribution in [3.05, 3.63) is 0 Å². The van der Waals surface area contributed by atoms with Gasteiger partial charge in [0.15, 0.2) is 0 Å². The molecule has 0 aromatic rings. The molecule has 0 spiro atoms. The molecule has 3 unspecified atom stereocenters. The molecule has 50 valence electrons. The number of aliphatic hydroxyl groups excluding tert-OH is 1. The topological polar surface area (TPSA) is 40.5 Å². The van der Waals surface area contributed by atoms with Gasteiger partial charge in [0, 0.05) is 19.0 Å². The van der Waals surface area contributed by atoms with Crippen LogP contribution in [0.1, 0.15) is 6.42 Å². The van der Waals surface area contributed by atoms with Gasteiger partial charge in [0.1, 0.15) is 6.10 Å². The van der Waals surface area contributed by atoms with Crippen molar-refractivity contribution in [1.82, 2.24) is 4.90 Å². The van der Waals surface area contributed by atoms with Gasteiger partial charge in [-0.3, -0.25) is 4.79 Å². The largest absolute Gasteiger partial charge is 0.383 e. The second kappa shape index (κ2) is 1.29. The summed E-state index contributed by atoms with van der Waals surface area (Å²) in [6.07, 6.45) is 0.323. The predicted octanol–water partition coefficient (Wildman–Crippen LogP) is -0.792. The Morgan fingerprint density at radius 3 is 2.67 bits per heavy atom. The fourth-order valence-electron chi connectivity index (χ4n) is 1.54. The molecule has 0 radical (unpaired) electrons. The van der Waals surface area contributed by atoms with Crippen molar-refractivity contribution >= 4 is 5.91 Å². The van der Waals surface area contributed by atoms with Crippen LogP contribution in [0.5, 0.6) is 0 Å². The molecule has 0 aromatic carbocycles. The normalized spacial score (nSPS) is 47.6. The lowest BCUT2D eigenvalue weighted by Crippen LogP contribution is -2.30. The van der Waals surface area contributed by atoms with Crippen LogP contribution >= 0.6 is 0 Å². The lowest BCUT2D eigenvalue weighted by atomic mass is 10.2. The summed E-state index contributed by atoms with van der Waals surface area (Å²) in [5.74, 6) is 0.166. The molecule has 1 amide bonds. The third-order valence-electron chi connectivity index (χ3n) is 2.31. The Balaban J connectivity index is 2.23. The summed E-state index contributed by atoms with van der Waals surface area (Å²) in [6.45, 7) is 0. The van der Waals surface area contributed by atoms with Crippen molar-refractivity contribution < 1.29 is 9.90 Å². The van der Waals surface area contributed by atoms with Gasteiger partial charge in [-0.15, -0.1) is 0 Å². The Hall–Kier alpha value is -0.570. The molecule has 2 fully saturated rings. The molecule has 2 rings (SSSR count). The summed E-state index contributed by atoms with van der Waals surface area (Å²) in [6, 6.07) is 0.368. The molecule has 9 heavy (non-hydrogen) atoms. The van der Waals surface area contributed by atoms with Gasteiger partial charge in [-0.1, -0.05) is 0 Å². The summed E-state index contributed by atoms with van der Waals surface area (Å²) >= 11 is 0. The Morgan fingerprint density at radius 1 is 1.78 bits per heavy atom. The fourth-order valence-corrected chi connectivity index (χ4v) is 1.54. The zero-order valence-corrected chi connectivity index (χ0v) is 5.24. The number of nitrogens with zero attached hydrogens (tertiary/aromatic N) is 1. The van der Waals surface area contributed by atoms with E-state index in [-0.39, 0.29) is 11.8 Å². The number of carbonyl (C=O) groups excluding carboxylic acids is 1. The maximum atomic E-state index is 10.8. The fraction of sp³-hybridized carbons (Fsp3) is 0.833. The minimum atomic E-state index is -0.681. The number of rotatable bonds is 0. The molecule has 3 heteroatoms. The molecule has 1 saturated carbocycles. The van der Waals surface area contributed by atoms with Crippen molar-refractivity contribution in [2.75, 3.05) is 7.05 Å². The minimum Gasteiger partial charge on any atom is -0.383 e. The van der Waals surface area contributed by atoms with Crippen molar-refractivity contribution in [2.24, 2.45) is 5.92 Å². The van der Waals surface area contributed by atoms with Crippen LogP contribution < -0.4 is 0 Å². The van der Waals surface area contributed by atoms with Crippen LogP contribution in [-0.4, -0.2) is 35.1 Å². The van der Waals surface area contributed by atoms with Crippen molar-refractivity contribution in [2.45, 2.75) is 18.6 Å². The Labute approximate surface area is 53.3 Å². The highest BCUT2D eigenvalue weighted by Gasteiger charge is 2.56. The standard InChI is InChI=1S/C6H9NO2/c1-7-4-2-3(4)5(8)6(7)9/h3-5,8H,2H2,1H3. The van der Waals surface area contributed by atoms with Crippen LogP contribution in [0, 0.1) is 5.92 Å². The Kier molecular flexibility index (Phi) is 0.750. The Morgan fingerprint density at radius 2 is 2.44 bits per heavy atom.